The second kappa shape index (κ2) is 6.91. The highest BCUT2D eigenvalue weighted by atomic mass is 35.5. The summed E-state index contributed by atoms with van der Waals surface area (Å²) in [5, 5.41) is 9.49. The maximum Gasteiger partial charge on any atom is 0.337 e. The van der Waals surface area contributed by atoms with E-state index in [1.807, 2.05) is 36.6 Å². The number of aryl methyl sites for hydroxylation is 1. The minimum absolute atomic E-state index is 0.0808. The van der Waals surface area contributed by atoms with E-state index in [1.165, 1.54) is 0 Å². The first-order valence-electron chi connectivity index (χ1n) is 7.63. The molecule has 1 N–H and O–H groups in total. The van der Waals surface area contributed by atoms with E-state index >= 15 is 0 Å². The van der Waals surface area contributed by atoms with Crippen molar-refractivity contribution in [1.82, 2.24) is 9.55 Å². The van der Waals surface area contributed by atoms with Crippen LogP contribution in [0.3, 0.4) is 0 Å². The van der Waals surface area contributed by atoms with E-state index in [0.717, 1.165) is 28.3 Å². The van der Waals surface area contributed by atoms with Crippen molar-refractivity contribution >= 4 is 29.5 Å². The monoisotopic (exact) mass is 353 g/mol. The molecular weight excluding hydrogens is 338 g/mol. The van der Waals surface area contributed by atoms with Crippen LogP contribution < -0.4 is 0 Å². The Bertz CT molecular complexity index is 962. The number of halogens is 1. The van der Waals surface area contributed by atoms with Gasteiger partial charge in [-0.2, -0.15) is 0 Å². The first-order chi connectivity index (χ1) is 12.0. The van der Waals surface area contributed by atoms with Gasteiger partial charge in [-0.05, 0) is 50.2 Å². The van der Waals surface area contributed by atoms with Crippen molar-refractivity contribution in [2.45, 2.75) is 13.8 Å². The number of carbonyl (C=O) groups is 1. The Morgan fingerprint density at radius 2 is 2.08 bits per heavy atom. The fourth-order valence-electron chi connectivity index (χ4n) is 2.71. The van der Waals surface area contributed by atoms with Crippen LogP contribution >= 0.6 is 11.6 Å². The Balaban J connectivity index is 2.02. The van der Waals surface area contributed by atoms with Gasteiger partial charge in [0.15, 0.2) is 0 Å². The van der Waals surface area contributed by atoms with Crippen LogP contribution in [0.15, 0.2) is 53.8 Å². The van der Waals surface area contributed by atoms with E-state index in [2.05, 4.69) is 9.98 Å². The highest BCUT2D eigenvalue weighted by Crippen LogP contribution is 2.25. The number of hydrogen-bond acceptors (Lipinski definition) is 3. The topological polar surface area (TPSA) is 67.5 Å². The third kappa shape index (κ3) is 3.46. The number of aromatic carboxylic acids is 1. The Labute approximate surface area is 150 Å². The average Bonchev–Trinajstić information content (AvgIpc) is 2.88. The van der Waals surface area contributed by atoms with Gasteiger partial charge in [0.2, 0.25) is 0 Å². The molecule has 0 aliphatic heterocycles. The smallest absolute Gasteiger partial charge is 0.337 e. The second-order valence-electron chi connectivity index (χ2n) is 5.60. The molecule has 2 aromatic heterocycles. The average molecular weight is 354 g/mol. The van der Waals surface area contributed by atoms with Gasteiger partial charge >= 0.3 is 5.97 Å². The molecule has 0 saturated carbocycles. The van der Waals surface area contributed by atoms with Gasteiger partial charge < -0.3 is 9.67 Å². The quantitative estimate of drug-likeness (QED) is 0.697. The van der Waals surface area contributed by atoms with Crippen molar-refractivity contribution in [3.8, 4) is 5.69 Å². The number of benzene rings is 1. The predicted molar refractivity (Wildman–Crippen MR) is 98.7 cm³/mol. The lowest BCUT2D eigenvalue weighted by molar-refractivity contribution is 0.0697. The summed E-state index contributed by atoms with van der Waals surface area (Å²) in [6.45, 7) is 3.93. The number of carboxylic acid groups (broad SMARTS) is 1. The van der Waals surface area contributed by atoms with E-state index < -0.39 is 5.97 Å². The van der Waals surface area contributed by atoms with E-state index in [1.54, 1.807) is 36.8 Å². The number of pyridine rings is 1. The normalized spacial score (nSPS) is 11.2. The summed E-state index contributed by atoms with van der Waals surface area (Å²) in [6, 6.07) is 10.7. The summed E-state index contributed by atoms with van der Waals surface area (Å²) in [4.78, 5) is 19.8. The number of carboxylic acids is 1. The molecule has 0 aliphatic rings. The molecule has 0 atom stereocenters. The number of nitrogens with zero attached hydrogens (tertiary/aromatic N) is 3. The van der Waals surface area contributed by atoms with Crippen molar-refractivity contribution in [3.05, 3.63) is 76.3 Å². The zero-order chi connectivity index (χ0) is 18.0. The summed E-state index contributed by atoms with van der Waals surface area (Å²) in [5.41, 5.74) is 4.49. The summed E-state index contributed by atoms with van der Waals surface area (Å²) in [7, 11) is 0. The molecule has 0 amide bonds. The Morgan fingerprint density at radius 3 is 2.76 bits per heavy atom. The van der Waals surface area contributed by atoms with Crippen molar-refractivity contribution in [2.24, 2.45) is 4.99 Å². The van der Waals surface area contributed by atoms with Crippen LogP contribution in [0.25, 0.3) is 5.69 Å². The number of aromatic nitrogens is 2. The minimum atomic E-state index is -1.05. The van der Waals surface area contributed by atoms with Crippen LogP contribution in [-0.4, -0.2) is 26.8 Å². The van der Waals surface area contributed by atoms with Crippen molar-refractivity contribution in [3.63, 3.8) is 0 Å². The zero-order valence-corrected chi connectivity index (χ0v) is 14.5. The third-order valence-corrected chi connectivity index (χ3v) is 4.24. The summed E-state index contributed by atoms with van der Waals surface area (Å²) in [5.74, 6) is -1.05. The molecule has 3 aromatic rings. The summed E-state index contributed by atoms with van der Waals surface area (Å²) in [6.07, 6.45) is 5.17. The summed E-state index contributed by atoms with van der Waals surface area (Å²) >= 11 is 5.96. The van der Waals surface area contributed by atoms with Crippen LogP contribution in [0.5, 0.6) is 0 Å². The maximum absolute atomic E-state index is 11.3. The Morgan fingerprint density at radius 1 is 1.28 bits per heavy atom. The molecule has 1 aromatic carbocycles. The van der Waals surface area contributed by atoms with Crippen LogP contribution in [-0.2, 0) is 0 Å². The molecule has 0 bridgehead atoms. The van der Waals surface area contributed by atoms with Gasteiger partial charge in [-0.15, -0.1) is 0 Å². The van der Waals surface area contributed by atoms with Gasteiger partial charge in [-0.25, -0.2) is 4.79 Å². The van der Waals surface area contributed by atoms with Crippen LogP contribution in [0.1, 0.15) is 27.3 Å². The molecule has 0 saturated heterocycles. The van der Waals surface area contributed by atoms with E-state index in [0.29, 0.717) is 0 Å². The van der Waals surface area contributed by atoms with Crippen molar-refractivity contribution in [2.75, 3.05) is 0 Å². The van der Waals surface area contributed by atoms with Gasteiger partial charge in [0.05, 0.1) is 22.5 Å². The van der Waals surface area contributed by atoms with Crippen molar-refractivity contribution < 1.29 is 9.90 Å². The highest BCUT2D eigenvalue weighted by Gasteiger charge is 2.14. The molecule has 2 heterocycles. The van der Waals surface area contributed by atoms with Gasteiger partial charge in [0.25, 0.3) is 0 Å². The first-order valence-corrected chi connectivity index (χ1v) is 8.01. The lowest BCUT2D eigenvalue weighted by Gasteiger charge is -2.11. The predicted octanol–water partition coefficient (Wildman–Crippen LogP) is 4.59. The number of rotatable bonds is 4. The Kier molecular flexibility index (Phi) is 4.67. The Hall–Kier alpha value is -2.92. The molecule has 0 aliphatic carbocycles. The molecule has 6 heteroatoms. The van der Waals surface area contributed by atoms with Crippen LogP contribution in [0.2, 0.25) is 5.02 Å². The molecule has 0 spiro atoms. The molecule has 25 heavy (non-hydrogen) atoms. The fourth-order valence-corrected chi connectivity index (χ4v) is 2.90. The highest BCUT2D eigenvalue weighted by molar-refractivity contribution is 6.33. The van der Waals surface area contributed by atoms with Crippen LogP contribution in [0.4, 0.5) is 5.69 Å². The number of aliphatic imine (C=N–C) groups is 1. The lowest BCUT2D eigenvalue weighted by Crippen LogP contribution is -2.03. The standard InChI is InChI=1S/C19H16ClN3O2/c1-12-8-14(10-22-15-4-3-7-21-11-15)13(2)23(12)16-5-6-18(20)17(9-16)19(24)25/h3-11H,1-2H3,(H,24,25). The second-order valence-corrected chi connectivity index (χ2v) is 6.01. The molecule has 0 unspecified atom stereocenters. The molecule has 0 fully saturated rings. The lowest BCUT2D eigenvalue weighted by atomic mass is 10.2. The largest absolute Gasteiger partial charge is 0.478 e. The SMILES string of the molecule is Cc1cc(C=Nc2cccnc2)c(C)n1-c1ccc(Cl)c(C(=O)O)c1. The van der Waals surface area contributed by atoms with Crippen molar-refractivity contribution in [1.29, 1.82) is 0 Å². The molecule has 5 nitrogen and oxygen atoms in total. The van der Waals surface area contributed by atoms with E-state index in [-0.39, 0.29) is 10.6 Å². The van der Waals surface area contributed by atoms with Gasteiger partial charge in [0, 0.05) is 35.1 Å². The van der Waals surface area contributed by atoms with Gasteiger partial charge in [-0.3, -0.25) is 9.98 Å². The number of hydrogen-bond donors (Lipinski definition) is 1. The zero-order valence-electron chi connectivity index (χ0n) is 13.8. The van der Waals surface area contributed by atoms with E-state index in [4.69, 9.17) is 11.6 Å². The minimum Gasteiger partial charge on any atom is -0.478 e. The molecule has 3 rings (SSSR count). The molecule has 126 valence electrons. The van der Waals surface area contributed by atoms with Gasteiger partial charge in [0.1, 0.15) is 0 Å². The third-order valence-electron chi connectivity index (χ3n) is 3.91. The van der Waals surface area contributed by atoms with Gasteiger partial charge in [-0.1, -0.05) is 11.6 Å². The van der Waals surface area contributed by atoms with Crippen LogP contribution in [0, 0.1) is 13.8 Å². The fraction of sp³-hybridized carbons (Fsp3) is 0.105. The molecular formula is C19H16ClN3O2. The van der Waals surface area contributed by atoms with E-state index in [9.17, 15) is 9.90 Å². The summed E-state index contributed by atoms with van der Waals surface area (Å²) < 4.78 is 1.98. The maximum atomic E-state index is 11.3. The first kappa shape index (κ1) is 16.9. The molecule has 0 radical (unpaired) electrons.